The first kappa shape index (κ1) is 19.0. The molecule has 27 heavy (non-hydrogen) atoms. The van der Waals surface area contributed by atoms with E-state index in [0.717, 1.165) is 19.3 Å². The van der Waals surface area contributed by atoms with Gasteiger partial charge in [-0.25, -0.2) is 0 Å². The third-order valence-electron chi connectivity index (χ3n) is 8.04. The molecule has 0 spiro atoms. The summed E-state index contributed by atoms with van der Waals surface area (Å²) in [4.78, 5) is 23.6. The molecule has 2 heterocycles. The lowest BCUT2D eigenvalue weighted by Gasteiger charge is -2.54. The largest absolute Gasteiger partial charge is 0.435 e. The quantitative estimate of drug-likeness (QED) is 0.534. The van der Waals surface area contributed by atoms with E-state index in [1.54, 1.807) is 5.57 Å². The Bertz CT molecular complexity index is 680. The Morgan fingerprint density at radius 2 is 2.00 bits per heavy atom. The summed E-state index contributed by atoms with van der Waals surface area (Å²) in [5.74, 6) is 0.347. The maximum Gasteiger partial charge on any atom is 0.308 e. The maximum absolute atomic E-state index is 11.9. The summed E-state index contributed by atoms with van der Waals surface area (Å²) in [6, 6.07) is 0. The first-order chi connectivity index (χ1) is 12.6. The minimum absolute atomic E-state index is 0.0280. The minimum atomic E-state index is -0.633. The first-order valence-corrected chi connectivity index (χ1v) is 10.4. The third kappa shape index (κ3) is 2.93. The van der Waals surface area contributed by atoms with E-state index in [-0.39, 0.29) is 29.2 Å². The molecule has 2 aliphatic heterocycles. The lowest BCUT2D eigenvalue weighted by atomic mass is 9.50. The molecule has 7 atom stereocenters. The number of rotatable bonds is 2. The highest BCUT2D eigenvalue weighted by atomic mass is 16.8. The molecule has 3 fully saturated rings. The molecule has 1 saturated carbocycles. The molecule has 2 aliphatic carbocycles. The van der Waals surface area contributed by atoms with Gasteiger partial charge in [-0.15, -0.1) is 0 Å². The number of allylic oxidation sites excluding steroid dienone is 2. The van der Waals surface area contributed by atoms with Gasteiger partial charge in [0, 0.05) is 18.8 Å². The van der Waals surface area contributed by atoms with Gasteiger partial charge in [0.05, 0.1) is 6.42 Å². The SMILES string of the molecule is CC(=O)OC1OC2OC(=O)CC2C1C1(C)CCC2C(=CCCC2(C)C)C1C. The van der Waals surface area contributed by atoms with Gasteiger partial charge in [-0.1, -0.05) is 39.3 Å². The second-order valence-electron chi connectivity index (χ2n) is 9.92. The van der Waals surface area contributed by atoms with Crippen molar-refractivity contribution >= 4 is 11.9 Å². The topological polar surface area (TPSA) is 61.8 Å². The summed E-state index contributed by atoms with van der Waals surface area (Å²) < 4.78 is 16.9. The van der Waals surface area contributed by atoms with Crippen LogP contribution in [0.2, 0.25) is 0 Å². The van der Waals surface area contributed by atoms with Gasteiger partial charge in [-0.3, -0.25) is 9.59 Å². The Morgan fingerprint density at radius 3 is 2.70 bits per heavy atom. The fourth-order valence-electron chi connectivity index (χ4n) is 6.38. The molecular formula is C22H32O5. The molecule has 4 aliphatic rings. The summed E-state index contributed by atoms with van der Waals surface area (Å²) >= 11 is 0. The van der Waals surface area contributed by atoms with Gasteiger partial charge in [-0.05, 0) is 48.3 Å². The molecule has 0 aromatic rings. The Kier molecular flexibility index (Phi) is 4.45. The highest BCUT2D eigenvalue weighted by Gasteiger charge is 2.62. The van der Waals surface area contributed by atoms with E-state index in [0.29, 0.717) is 23.7 Å². The van der Waals surface area contributed by atoms with Crippen molar-refractivity contribution in [1.82, 2.24) is 0 Å². The van der Waals surface area contributed by atoms with Crippen molar-refractivity contribution in [3.05, 3.63) is 11.6 Å². The standard InChI is InChI=1S/C22H32O5/c1-12-14-7-6-9-21(3,4)16(14)8-10-22(12,5)18-15-11-17(24)26-19(15)27-20(18)25-13(2)23/h7,12,15-16,18-20H,6,8-11H2,1-5H3. The van der Waals surface area contributed by atoms with Crippen LogP contribution in [-0.2, 0) is 23.8 Å². The molecule has 0 amide bonds. The zero-order valence-corrected chi connectivity index (χ0v) is 17.1. The van der Waals surface area contributed by atoms with E-state index in [1.807, 2.05) is 0 Å². The number of carbonyl (C=O) groups excluding carboxylic acids is 2. The zero-order valence-electron chi connectivity index (χ0n) is 17.1. The molecule has 4 rings (SSSR count). The van der Waals surface area contributed by atoms with Crippen LogP contribution in [0, 0.1) is 34.5 Å². The van der Waals surface area contributed by atoms with Crippen molar-refractivity contribution in [2.24, 2.45) is 34.5 Å². The van der Waals surface area contributed by atoms with Gasteiger partial charge < -0.3 is 14.2 Å². The van der Waals surface area contributed by atoms with Crippen LogP contribution in [0.25, 0.3) is 0 Å². The monoisotopic (exact) mass is 376 g/mol. The van der Waals surface area contributed by atoms with Crippen LogP contribution in [0.1, 0.15) is 66.7 Å². The summed E-state index contributed by atoms with van der Waals surface area (Å²) in [6.07, 6.45) is 6.13. The molecule has 2 saturated heterocycles. The van der Waals surface area contributed by atoms with E-state index in [1.165, 1.54) is 13.3 Å². The predicted octanol–water partition coefficient (Wildman–Crippen LogP) is 4.21. The molecule has 0 bridgehead atoms. The average molecular weight is 376 g/mol. The Labute approximate surface area is 161 Å². The van der Waals surface area contributed by atoms with Crippen LogP contribution in [0.5, 0.6) is 0 Å². The van der Waals surface area contributed by atoms with E-state index in [9.17, 15) is 9.59 Å². The highest BCUT2D eigenvalue weighted by molar-refractivity contribution is 5.72. The molecule has 0 aromatic carbocycles. The van der Waals surface area contributed by atoms with Crippen molar-refractivity contribution in [2.45, 2.75) is 79.3 Å². The smallest absolute Gasteiger partial charge is 0.308 e. The van der Waals surface area contributed by atoms with Crippen LogP contribution in [0.15, 0.2) is 11.6 Å². The van der Waals surface area contributed by atoms with E-state index in [4.69, 9.17) is 14.2 Å². The number of ether oxygens (including phenoxy) is 3. The van der Waals surface area contributed by atoms with Gasteiger partial charge in [-0.2, -0.15) is 0 Å². The van der Waals surface area contributed by atoms with Crippen LogP contribution >= 0.6 is 0 Å². The van der Waals surface area contributed by atoms with Gasteiger partial charge in [0.2, 0.25) is 12.6 Å². The number of carbonyl (C=O) groups is 2. The summed E-state index contributed by atoms with van der Waals surface area (Å²) in [5.41, 5.74) is 1.79. The Hall–Kier alpha value is -1.36. The fourth-order valence-corrected chi connectivity index (χ4v) is 6.38. The maximum atomic E-state index is 11.9. The van der Waals surface area contributed by atoms with E-state index >= 15 is 0 Å². The highest BCUT2D eigenvalue weighted by Crippen LogP contribution is 2.62. The normalized spacial score (nSPS) is 45.5. The number of hydrogen-bond acceptors (Lipinski definition) is 5. The molecule has 0 aromatic heterocycles. The summed E-state index contributed by atoms with van der Waals surface area (Å²) in [5, 5.41) is 0. The minimum Gasteiger partial charge on any atom is -0.435 e. The molecule has 5 nitrogen and oxygen atoms in total. The first-order valence-electron chi connectivity index (χ1n) is 10.4. The van der Waals surface area contributed by atoms with E-state index in [2.05, 4.69) is 33.8 Å². The molecule has 0 N–H and O–H groups in total. The molecular weight excluding hydrogens is 344 g/mol. The van der Waals surface area contributed by atoms with Gasteiger partial charge in [0.15, 0.2) is 0 Å². The number of fused-ring (bicyclic) bond motifs is 2. The van der Waals surface area contributed by atoms with Crippen molar-refractivity contribution in [3.8, 4) is 0 Å². The van der Waals surface area contributed by atoms with Gasteiger partial charge >= 0.3 is 11.9 Å². The van der Waals surface area contributed by atoms with Gasteiger partial charge in [0.1, 0.15) is 0 Å². The van der Waals surface area contributed by atoms with Crippen LogP contribution < -0.4 is 0 Å². The fraction of sp³-hybridized carbons (Fsp3) is 0.818. The Balaban J connectivity index is 1.68. The van der Waals surface area contributed by atoms with Crippen molar-refractivity contribution in [2.75, 3.05) is 0 Å². The lowest BCUT2D eigenvalue weighted by molar-refractivity contribution is -0.215. The molecule has 150 valence electrons. The summed E-state index contributed by atoms with van der Waals surface area (Å²) in [6.45, 7) is 10.8. The third-order valence-corrected chi connectivity index (χ3v) is 8.04. The zero-order chi connectivity index (χ0) is 19.6. The van der Waals surface area contributed by atoms with Crippen LogP contribution in [-0.4, -0.2) is 24.5 Å². The molecule has 5 heteroatoms. The second kappa shape index (κ2) is 6.33. The van der Waals surface area contributed by atoms with Crippen molar-refractivity contribution in [1.29, 1.82) is 0 Å². The van der Waals surface area contributed by atoms with Crippen molar-refractivity contribution in [3.63, 3.8) is 0 Å². The van der Waals surface area contributed by atoms with Gasteiger partial charge in [0.25, 0.3) is 0 Å². The van der Waals surface area contributed by atoms with Crippen LogP contribution in [0.3, 0.4) is 0 Å². The lowest BCUT2D eigenvalue weighted by Crippen LogP contribution is -2.49. The van der Waals surface area contributed by atoms with Crippen LogP contribution in [0.4, 0.5) is 0 Å². The Morgan fingerprint density at radius 1 is 1.26 bits per heavy atom. The number of esters is 2. The molecule has 7 unspecified atom stereocenters. The number of hydrogen-bond donors (Lipinski definition) is 0. The average Bonchev–Trinajstić information content (AvgIpc) is 3.05. The predicted molar refractivity (Wildman–Crippen MR) is 99.2 cm³/mol. The van der Waals surface area contributed by atoms with Crippen molar-refractivity contribution < 1.29 is 23.8 Å². The second-order valence-corrected chi connectivity index (χ2v) is 9.92. The molecule has 0 radical (unpaired) electrons. The van der Waals surface area contributed by atoms with E-state index < -0.39 is 12.6 Å². The summed E-state index contributed by atoms with van der Waals surface area (Å²) in [7, 11) is 0.